The minimum Gasteiger partial charge on any atom is -0.485 e. The minimum absolute atomic E-state index is 0.0666. The molecule has 1 aromatic heterocycles. The van der Waals surface area contributed by atoms with Gasteiger partial charge in [-0.25, -0.2) is 9.37 Å². The maximum atomic E-state index is 13.7. The molecule has 190 valence electrons. The molecule has 3 aromatic rings. The van der Waals surface area contributed by atoms with E-state index in [9.17, 15) is 27.5 Å². The number of aromatic nitrogens is 1. The van der Waals surface area contributed by atoms with Crippen molar-refractivity contribution in [2.24, 2.45) is 5.73 Å². The molecule has 2 heterocycles. The highest BCUT2D eigenvalue weighted by Crippen LogP contribution is 2.36. The highest BCUT2D eigenvalue weighted by Gasteiger charge is 2.35. The number of carbonyl (C=O) groups is 1. The monoisotopic (exact) mass is 505 g/mol. The zero-order valence-corrected chi connectivity index (χ0v) is 18.9. The number of amides is 1. The molecule has 0 bridgehead atoms. The van der Waals surface area contributed by atoms with Crippen LogP contribution in [0.5, 0.6) is 17.4 Å². The largest absolute Gasteiger partial charge is 0.485 e. The number of hydrogen-bond donors (Lipinski definition) is 2. The second-order valence-corrected chi connectivity index (χ2v) is 8.23. The number of β-amino-alcohol motifs (C(OH)–C–C–N with tert-alkyl or cyclic N) is 1. The van der Waals surface area contributed by atoms with E-state index in [-0.39, 0.29) is 54.7 Å². The Morgan fingerprint density at radius 1 is 1.06 bits per heavy atom. The Balaban J connectivity index is 1.67. The summed E-state index contributed by atoms with van der Waals surface area (Å²) in [5.41, 5.74) is 5.41. The highest BCUT2D eigenvalue weighted by atomic mass is 19.4. The number of pyridine rings is 1. The van der Waals surface area contributed by atoms with Crippen molar-refractivity contribution in [2.75, 3.05) is 13.1 Å². The van der Waals surface area contributed by atoms with E-state index in [1.165, 1.54) is 24.3 Å². The Morgan fingerprint density at radius 2 is 1.81 bits per heavy atom. The van der Waals surface area contributed by atoms with Gasteiger partial charge in [-0.15, -0.1) is 0 Å². The van der Waals surface area contributed by atoms with Gasteiger partial charge in [-0.1, -0.05) is 30.3 Å². The number of aliphatic hydroxyl groups excluding tert-OH is 1. The third kappa shape index (κ3) is 5.92. The number of hydrogen-bond acceptors (Lipinski definition) is 6. The van der Waals surface area contributed by atoms with Crippen LogP contribution >= 0.6 is 0 Å². The van der Waals surface area contributed by atoms with Gasteiger partial charge in [0.05, 0.1) is 6.54 Å². The van der Waals surface area contributed by atoms with Gasteiger partial charge in [0, 0.05) is 24.7 Å². The van der Waals surface area contributed by atoms with Gasteiger partial charge in [0.15, 0.2) is 11.5 Å². The normalized spacial score (nSPS) is 17.8. The molecule has 2 atom stereocenters. The van der Waals surface area contributed by atoms with Gasteiger partial charge in [0.1, 0.15) is 24.6 Å². The van der Waals surface area contributed by atoms with Crippen LogP contribution in [0.1, 0.15) is 27.2 Å². The van der Waals surface area contributed by atoms with Crippen LogP contribution in [0.3, 0.4) is 0 Å². The molecule has 0 spiro atoms. The Kier molecular flexibility index (Phi) is 7.41. The Morgan fingerprint density at radius 3 is 2.44 bits per heavy atom. The standard InChI is InChI=1S/C25H23F4N3O4/c26-18-12-32(13-19(18)33)24(34)17-6-7-20(35-14-15-4-2-1-3-5-15)21(10-17)36-23-9-16(11-30)8-22(31-23)25(27,28)29/h1-10,18-19,33H,11-14,30H2. The number of halogens is 4. The lowest BCUT2D eigenvalue weighted by molar-refractivity contribution is -0.141. The van der Waals surface area contributed by atoms with E-state index in [1.807, 2.05) is 30.3 Å². The highest BCUT2D eigenvalue weighted by molar-refractivity contribution is 5.95. The first kappa shape index (κ1) is 25.4. The van der Waals surface area contributed by atoms with Gasteiger partial charge >= 0.3 is 6.18 Å². The van der Waals surface area contributed by atoms with Gasteiger partial charge in [-0.2, -0.15) is 13.2 Å². The maximum Gasteiger partial charge on any atom is 0.433 e. The lowest BCUT2D eigenvalue weighted by Crippen LogP contribution is -2.29. The van der Waals surface area contributed by atoms with E-state index in [2.05, 4.69) is 4.98 Å². The van der Waals surface area contributed by atoms with Crippen LogP contribution in [-0.2, 0) is 19.3 Å². The second-order valence-electron chi connectivity index (χ2n) is 8.23. The number of nitrogens with zero attached hydrogens (tertiary/aromatic N) is 2. The second kappa shape index (κ2) is 10.5. The van der Waals surface area contributed by atoms with Crippen LogP contribution in [0.25, 0.3) is 0 Å². The summed E-state index contributed by atoms with van der Waals surface area (Å²) in [6, 6.07) is 15.4. The fraction of sp³-hybridized carbons (Fsp3) is 0.280. The summed E-state index contributed by atoms with van der Waals surface area (Å²) >= 11 is 0. The number of nitrogens with two attached hydrogens (primary N) is 1. The lowest BCUT2D eigenvalue weighted by atomic mass is 10.1. The fourth-order valence-electron chi connectivity index (χ4n) is 3.66. The minimum atomic E-state index is -4.73. The zero-order chi connectivity index (χ0) is 25.9. The Bertz CT molecular complexity index is 1210. The predicted molar refractivity (Wildman–Crippen MR) is 121 cm³/mol. The van der Waals surface area contributed by atoms with Crippen LogP contribution in [0.4, 0.5) is 17.6 Å². The summed E-state index contributed by atoms with van der Waals surface area (Å²) in [4.78, 5) is 17.6. The van der Waals surface area contributed by atoms with E-state index < -0.39 is 30.1 Å². The summed E-state index contributed by atoms with van der Waals surface area (Å²) in [6.45, 7) is -0.523. The SMILES string of the molecule is NCc1cc(Oc2cc(C(=O)N3CC(O)C(F)C3)ccc2OCc2ccccc2)nc(C(F)(F)F)c1. The average Bonchev–Trinajstić information content (AvgIpc) is 3.20. The van der Waals surface area contributed by atoms with E-state index in [1.54, 1.807) is 0 Å². The molecule has 2 unspecified atom stereocenters. The van der Waals surface area contributed by atoms with Crippen molar-refractivity contribution in [3.63, 3.8) is 0 Å². The quantitative estimate of drug-likeness (QED) is 0.470. The molecule has 2 aromatic carbocycles. The molecule has 1 aliphatic rings. The molecule has 1 fully saturated rings. The first-order chi connectivity index (χ1) is 17.1. The molecule has 36 heavy (non-hydrogen) atoms. The van der Waals surface area contributed by atoms with Crippen molar-refractivity contribution in [3.8, 4) is 17.4 Å². The van der Waals surface area contributed by atoms with Crippen molar-refractivity contribution in [1.82, 2.24) is 9.88 Å². The van der Waals surface area contributed by atoms with Crippen molar-refractivity contribution in [2.45, 2.75) is 31.6 Å². The number of benzene rings is 2. The van der Waals surface area contributed by atoms with Crippen LogP contribution in [-0.4, -0.2) is 46.3 Å². The van der Waals surface area contributed by atoms with Crippen molar-refractivity contribution >= 4 is 5.91 Å². The van der Waals surface area contributed by atoms with E-state index in [4.69, 9.17) is 15.2 Å². The molecule has 0 aliphatic carbocycles. The predicted octanol–water partition coefficient (Wildman–Crippen LogP) is 4.09. The smallest absolute Gasteiger partial charge is 0.433 e. The number of rotatable bonds is 7. The molecule has 1 saturated heterocycles. The summed E-state index contributed by atoms with van der Waals surface area (Å²) in [5, 5.41) is 9.65. The summed E-state index contributed by atoms with van der Waals surface area (Å²) in [7, 11) is 0. The van der Waals surface area contributed by atoms with Crippen LogP contribution < -0.4 is 15.2 Å². The van der Waals surface area contributed by atoms with Gasteiger partial charge < -0.3 is 25.2 Å². The van der Waals surface area contributed by atoms with E-state index >= 15 is 0 Å². The molecule has 0 radical (unpaired) electrons. The van der Waals surface area contributed by atoms with Gasteiger partial charge in [-0.3, -0.25) is 4.79 Å². The van der Waals surface area contributed by atoms with Crippen LogP contribution in [0.15, 0.2) is 60.7 Å². The van der Waals surface area contributed by atoms with Crippen molar-refractivity contribution in [3.05, 3.63) is 83.0 Å². The molecule has 11 heteroatoms. The molecule has 1 amide bonds. The fourth-order valence-corrected chi connectivity index (χ4v) is 3.66. The number of aliphatic hydroxyl groups is 1. The maximum absolute atomic E-state index is 13.7. The third-order valence-corrected chi connectivity index (χ3v) is 5.54. The number of carbonyl (C=O) groups excluding carboxylic acids is 1. The Labute approximate surface area is 204 Å². The van der Waals surface area contributed by atoms with Crippen molar-refractivity contribution < 1.29 is 36.9 Å². The number of likely N-dealkylation sites (tertiary alicyclic amines) is 1. The zero-order valence-electron chi connectivity index (χ0n) is 18.9. The molecule has 3 N–H and O–H groups in total. The van der Waals surface area contributed by atoms with Gasteiger partial charge in [0.25, 0.3) is 5.91 Å². The van der Waals surface area contributed by atoms with Crippen LogP contribution in [0.2, 0.25) is 0 Å². The van der Waals surface area contributed by atoms with Gasteiger partial charge in [-0.05, 0) is 35.4 Å². The molecule has 7 nitrogen and oxygen atoms in total. The van der Waals surface area contributed by atoms with Crippen LogP contribution in [0, 0.1) is 0 Å². The first-order valence-electron chi connectivity index (χ1n) is 11.0. The first-order valence-corrected chi connectivity index (χ1v) is 11.0. The topological polar surface area (TPSA) is 97.9 Å². The Hall–Kier alpha value is -3.70. The molecule has 0 saturated carbocycles. The number of ether oxygens (including phenoxy) is 2. The number of alkyl halides is 4. The molecular weight excluding hydrogens is 482 g/mol. The molecular formula is C25H23F4N3O4. The summed E-state index contributed by atoms with van der Waals surface area (Å²) in [5.74, 6) is -0.884. The third-order valence-electron chi connectivity index (χ3n) is 5.54. The molecule has 4 rings (SSSR count). The van der Waals surface area contributed by atoms with Crippen molar-refractivity contribution in [1.29, 1.82) is 0 Å². The average molecular weight is 505 g/mol. The van der Waals surface area contributed by atoms with E-state index in [0.717, 1.165) is 16.5 Å². The lowest BCUT2D eigenvalue weighted by Gasteiger charge is -2.18. The summed E-state index contributed by atoms with van der Waals surface area (Å²) < 4.78 is 65.2. The molecule has 1 aliphatic heterocycles. The summed E-state index contributed by atoms with van der Waals surface area (Å²) in [6.07, 6.45) is -7.59. The van der Waals surface area contributed by atoms with E-state index in [0.29, 0.717) is 0 Å². The van der Waals surface area contributed by atoms with Gasteiger partial charge in [0.2, 0.25) is 5.88 Å².